The molecule has 0 aromatic heterocycles. The highest BCUT2D eigenvalue weighted by Gasteiger charge is 2.39. The Morgan fingerprint density at radius 2 is 1.72 bits per heavy atom. The minimum absolute atomic E-state index is 0.0613. The molecular formula is C18H17N3O7S. The Bertz CT molecular complexity index is 1050. The zero-order valence-electron chi connectivity index (χ0n) is 15.0. The van der Waals surface area contributed by atoms with Crippen molar-refractivity contribution in [2.45, 2.75) is 23.8 Å². The molecule has 11 heteroatoms. The zero-order chi connectivity index (χ0) is 21.2. The van der Waals surface area contributed by atoms with Crippen molar-refractivity contribution in [3.63, 3.8) is 0 Å². The molecule has 1 atom stereocenters. The fraction of sp³-hybridized carbons (Fsp3) is 0.222. The van der Waals surface area contributed by atoms with Crippen LogP contribution >= 0.6 is 0 Å². The summed E-state index contributed by atoms with van der Waals surface area (Å²) in [5.41, 5.74) is 0.176. The van der Waals surface area contributed by atoms with Crippen molar-refractivity contribution in [2.75, 3.05) is 11.9 Å². The average Bonchev–Trinajstić information content (AvgIpc) is 3.19. The zero-order valence-corrected chi connectivity index (χ0v) is 15.8. The summed E-state index contributed by atoms with van der Waals surface area (Å²) in [5.74, 6) is -1.63. The minimum Gasteiger partial charge on any atom is -0.478 e. The molecule has 0 unspecified atom stereocenters. The summed E-state index contributed by atoms with van der Waals surface area (Å²) in [6.45, 7) is 0.148. The molecule has 0 aliphatic carbocycles. The molecule has 2 aromatic carbocycles. The van der Waals surface area contributed by atoms with Gasteiger partial charge in [0.1, 0.15) is 6.04 Å². The first-order chi connectivity index (χ1) is 13.7. The molecule has 3 rings (SSSR count). The van der Waals surface area contributed by atoms with Crippen LogP contribution in [0.2, 0.25) is 0 Å². The fourth-order valence-corrected chi connectivity index (χ4v) is 4.74. The van der Waals surface area contributed by atoms with Crippen molar-refractivity contribution in [1.29, 1.82) is 0 Å². The molecule has 1 heterocycles. The van der Waals surface area contributed by atoms with Gasteiger partial charge in [-0.1, -0.05) is 0 Å². The van der Waals surface area contributed by atoms with E-state index in [2.05, 4.69) is 5.32 Å². The van der Waals surface area contributed by atoms with Gasteiger partial charge in [0.15, 0.2) is 0 Å². The molecule has 0 radical (unpaired) electrons. The lowest BCUT2D eigenvalue weighted by Gasteiger charge is -2.23. The summed E-state index contributed by atoms with van der Waals surface area (Å²) in [4.78, 5) is 33.5. The van der Waals surface area contributed by atoms with E-state index in [1.807, 2.05) is 0 Å². The molecular weight excluding hydrogens is 402 g/mol. The van der Waals surface area contributed by atoms with Crippen LogP contribution in [0.1, 0.15) is 23.2 Å². The number of nitro groups is 1. The Kier molecular flexibility index (Phi) is 5.62. The summed E-state index contributed by atoms with van der Waals surface area (Å²) < 4.78 is 26.9. The van der Waals surface area contributed by atoms with Crippen molar-refractivity contribution in [3.05, 3.63) is 64.2 Å². The second-order valence-electron chi connectivity index (χ2n) is 6.40. The number of carbonyl (C=O) groups excluding carboxylic acids is 1. The van der Waals surface area contributed by atoms with Gasteiger partial charge in [0.05, 0.1) is 15.4 Å². The number of nitro benzene ring substituents is 1. The number of carboxylic acids is 1. The van der Waals surface area contributed by atoms with E-state index >= 15 is 0 Å². The molecule has 1 amide bonds. The lowest BCUT2D eigenvalue weighted by molar-refractivity contribution is -0.384. The molecule has 1 fully saturated rings. The molecule has 152 valence electrons. The number of amides is 1. The van der Waals surface area contributed by atoms with Crippen LogP contribution in [0.15, 0.2) is 53.4 Å². The maximum atomic E-state index is 12.9. The van der Waals surface area contributed by atoms with Gasteiger partial charge in [0.25, 0.3) is 5.69 Å². The highest BCUT2D eigenvalue weighted by atomic mass is 32.2. The smallest absolute Gasteiger partial charge is 0.335 e. The number of aromatic carboxylic acids is 1. The molecule has 0 spiro atoms. The van der Waals surface area contributed by atoms with Gasteiger partial charge >= 0.3 is 5.97 Å². The van der Waals surface area contributed by atoms with Crippen molar-refractivity contribution in [1.82, 2.24) is 4.31 Å². The Labute approximate surface area is 166 Å². The fourth-order valence-electron chi connectivity index (χ4n) is 3.09. The molecule has 29 heavy (non-hydrogen) atoms. The van der Waals surface area contributed by atoms with E-state index in [-0.39, 0.29) is 22.7 Å². The Hall–Kier alpha value is -3.31. The number of anilines is 1. The Balaban J connectivity index is 1.78. The summed E-state index contributed by atoms with van der Waals surface area (Å²) in [6, 6.07) is 9.06. The molecule has 10 nitrogen and oxygen atoms in total. The lowest BCUT2D eigenvalue weighted by atomic mass is 10.2. The van der Waals surface area contributed by atoms with E-state index < -0.39 is 32.9 Å². The van der Waals surface area contributed by atoms with Crippen LogP contribution in [-0.2, 0) is 14.8 Å². The molecule has 1 aliphatic heterocycles. The third kappa shape index (κ3) is 4.25. The quantitative estimate of drug-likeness (QED) is 0.538. The second-order valence-corrected chi connectivity index (χ2v) is 8.29. The number of sulfonamides is 1. The van der Waals surface area contributed by atoms with Gasteiger partial charge in [-0.05, 0) is 49.2 Å². The largest absolute Gasteiger partial charge is 0.478 e. The minimum atomic E-state index is -4.01. The number of hydrogen-bond donors (Lipinski definition) is 2. The predicted molar refractivity (Wildman–Crippen MR) is 102 cm³/mol. The van der Waals surface area contributed by atoms with Crippen LogP contribution in [0.3, 0.4) is 0 Å². The number of nitrogens with one attached hydrogen (secondary N) is 1. The van der Waals surface area contributed by atoms with E-state index in [0.717, 1.165) is 28.6 Å². The molecule has 1 saturated heterocycles. The lowest BCUT2D eigenvalue weighted by Crippen LogP contribution is -2.43. The van der Waals surface area contributed by atoms with E-state index in [4.69, 9.17) is 5.11 Å². The van der Waals surface area contributed by atoms with Crippen molar-refractivity contribution < 1.29 is 28.0 Å². The summed E-state index contributed by atoms with van der Waals surface area (Å²) in [7, 11) is -4.01. The van der Waals surface area contributed by atoms with Crippen LogP contribution < -0.4 is 5.32 Å². The third-order valence-electron chi connectivity index (χ3n) is 4.56. The van der Waals surface area contributed by atoms with Crippen LogP contribution in [0.25, 0.3) is 0 Å². The van der Waals surface area contributed by atoms with Gasteiger partial charge in [-0.2, -0.15) is 4.31 Å². The number of nitrogens with zero attached hydrogens (tertiary/aromatic N) is 2. The van der Waals surface area contributed by atoms with Crippen LogP contribution in [0.4, 0.5) is 11.4 Å². The number of hydrogen-bond acceptors (Lipinski definition) is 6. The first kappa shape index (κ1) is 20.4. The monoisotopic (exact) mass is 419 g/mol. The number of rotatable bonds is 6. The first-order valence-corrected chi connectivity index (χ1v) is 10.0. The van der Waals surface area contributed by atoms with Gasteiger partial charge in [0, 0.05) is 24.4 Å². The summed E-state index contributed by atoms with van der Waals surface area (Å²) >= 11 is 0. The van der Waals surface area contributed by atoms with Gasteiger partial charge in [-0.25, -0.2) is 13.2 Å². The van der Waals surface area contributed by atoms with Crippen LogP contribution in [0, 0.1) is 10.1 Å². The van der Waals surface area contributed by atoms with Crippen LogP contribution in [-0.4, -0.2) is 47.2 Å². The van der Waals surface area contributed by atoms with Crippen molar-refractivity contribution in [2.24, 2.45) is 0 Å². The van der Waals surface area contributed by atoms with Gasteiger partial charge < -0.3 is 10.4 Å². The van der Waals surface area contributed by atoms with E-state index in [1.54, 1.807) is 0 Å². The molecule has 1 aliphatic rings. The van der Waals surface area contributed by atoms with E-state index in [9.17, 15) is 28.1 Å². The Morgan fingerprint density at radius 3 is 2.28 bits per heavy atom. The summed E-state index contributed by atoms with van der Waals surface area (Å²) in [6.07, 6.45) is 0.813. The van der Waals surface area contributed by atoms with Crippen LogP contribution in [0.5, 0.6) is 0 Å². The molecule has 2 aromatic rings. The summed E-state index contributed by atoms with van der Waals surface area (Å²) in [5, 5.41) is 22.3. The van der Waals surface area contributed by atoms with Gasteiger partial charge in [0.2, 0.25) is 15.9 Å². The van der Waals surface area contributed by atoms with E-state index in [1.165, 1.54) is 24.3 Å². The highest BCUT2D eigenvalue weighted by Crippen LogP contribution is 2.28. The second kappa shape index (κ2) is 7.97. The SMILES string of the molecule is O=C(O)c1ccc(NC(=O)[C@@H]2CCCN2S(=O)(=O)c2ccc([N+](=O)[O-])cc2)cc1. The number of non-ortho nitro benzene ring substituents is 1. The topological polar surface area (TPSA) is 147 Å². The molecule has 0 saturated carbocycles. The van der Waals surface area contributed by atoms with Gasteiger partial charge in [-0.3, -0.25) is 14.9 Å². The third-order valence-corrected chi connectivity index (χ3v) is 6.48. The highest BCUT2D eigenvalue weighted by molar-refractivity contribution is 7.89. The normalized spacial score (nSPS) is 17.0. The number of carbonyl (C=O) groups is 2. The van der Waals surface area contributed by atoms with Crippen molar-refractivity contribution >= 4 is 33.3 Å². The first-order valence-electron chi connectivity index (χ1n) is 8.60. The van der Waals surface area contributed by atoms with E-state index in [0.29, 0.717) is 18.5 Å². The van der Waals surface area contributed by atoms with Crippen molar-refractivity contribution in [3.8, 4) is 0 Å². The van der Waals surface area contributed by atoms with Gasteiger partial charge in [-0.15, -0.1) is 0 Å². The standard InChI is InChI=1S/C18H17N3O7S/c22-17(19-13-5-3-12(4-6-13)18(23)24)16-2-1-11-20(16)29(27,28)15-9-7-14(8-10-15)21(25)26/h3-10,16H,1-2,11H2,(H,19,22)(H,23,24)/t16-/m0/s1. The maximum Gasteiger partial charge on any atom is 0.335 e. The molecule has 0 bridgehead atoms. The number of benzene rings is 2. The predicted octanol–water partition coefficient (Wildman–Crippen LogP) is 2.08. The maximum absolute atomic E-state index is 12.9. The average molecular weight is 419 g/mol. The molecule has 2 N–H and O–H groups in total. The Morgan fingerprint density at radius 1 is 1.10 bits per heavy atom. The number of carboxylic acid groups (broad SMARTS) is 1.